The predicted molar refractivity (Wildman–Crippen MR) is 45.7 cm³/mol. The normalized spacial score (nSPS) is 29.8. The van der Waals surface area contributed by atoms with Crippen molar-refractivity contribution in [2.45, 2.75) is 45.2 Å². The van der Waals surface area contributed by atoms with Crippen molar-refractivity contribution < 1.29 is 14.8 Å². The summed E-state index contributed by atoms with van der Waals surface area (Å²) in [4.78, 5) is 11.3. The highest BCUT2D eigenvalue weighted by atomic mass is 16.5. The molecule has 0 aromatic heterocycles. The van der Waals surface area contributed by atoms with Gasteiger partial charge < -0.3 is 10.1 Å². The number of carbonyl (C=O) groups is 1. The number of piperidine rings is 1. The predicted octanol–water partition coefficient (Wildman–Crippen LogP) is 0.0539. The fourth-order valence-electron chi connectivity index (χ4n) is 1.69. The lowest BCUT2D eigenvalue weighted by Gasteiger charge is -2.23. The average molecular weight is 172 g/mol. The zero-order valence-corrected chi connectivity index (χ0v) is 7.88. The Morgan fingerprint density at radius 2 is 2.33 bits per heavy atom. The van der Waals surface area contributed by atoms with Gasteiger partial charge in [-0.25, -0.2) is 4.79 Å². The molecule has 0 saturated carbocycles. The van der Waals surface area contributed by atoms with Crippen molar-refractivity contribution in [1.82, 2.24) is 0 Å². The van der Waals surface area contributed by atoms with Crippen LogP contribution < -0.4 is 5.32 Å². The van der Waals surface area contributed by atoms with Gasteiger partial charge in [0.15, 0.2) is 6.04 Å². The van der Waals surface area contributed by atoms with E-state index >= 15 is 0 Å². The van der Waals surface area contributed by atoms with E-state index in [1.54, 1.807) is 0 Å². The molecule has 0 aliphatic carbocycles. The Hall–Kier alpha value is -0.570. The van der Waals surface area contributed by atoms with E-state index in [0.717, 1.165) is 12.8 Å². The summed E-state index contributed by atoms with van der Waals surface area (Å²) >= 11 is 0. The largest absolute Gasteiger partial charge is 0.462 e. The minimum Gasteiger partial charge on any atom is -0.462 e. The molecule has 2 atom stereocenters. The second-order valence-corrected chi connectivity index (χ2v) is 3.46. The van der Waals surface area contributed by atoms with Crippen molar-refractivity contribution in [3.8, 4) is 0 Å². The highest BCUT2D eigenvalue weighted by Gasteiger charge is 2.28. The van der Waals surface area contributed by atoms with Crippen molar-refractivity contribution in [1.29, 1.82) is 0 Å². The van der Waals surface area contributed by atoms with Crippen LogP contribution in [0.25, 0.3) is 0 Å². The number of hydrogen-bond acceptors (Lipinski definition) is 2. The molecule has 0 amide bonds. The van der Waals surface area contributed by atoms with Gasteiger partial charge in [-0.3, -0.25) is 0 Å². The molecule has 0 bridgehead atoms. The summed E-state index contributed by atoms with van der Waals surface area (Å²) in [6.45, 7) is 4.51. The first-order chi connectivity index (χ1) is 5.74. The zero-order chi connectivity index (χ0) is 8.97. The summed E-state index contributed by atoms with van der Waals surface area (Å²) in [5.74, 6) is -0.0379. The molecule has 1 saturated heterocycles. The molecule has 0 radical (unpaired) electrons. The first kappa shape index (κ1) is 9.52. The van der Waals surface area contributed by atoms with Gasteiger partial charge >= 0.3 is 5.97 Å². The Morgan fingerprint density at radius 1 is 1.58 bits per heavy atom. The van der Waals surface area contributed by atoms with E-state index in [1.165, 1.54) is 6.42 Å². The standard InChI is InChI=1S/C9H17NO2/c1-3-12-9(11)8-6-4-5-7(2)10-8/h7-8,10H,3-6H2,1-2H3/p+1/t7-,8-/m0/s1. The molecule has 0 unspecified atom stereocenters. The molecule has 12 heavy (non-hydrogen) atoms. The lowest BCUT2D eigenvalue weighted by molar-refractivity contribution is -0.716. The maximum atomic E-state index is 11.3. The topological polar surface area (TPSA) is 42.9 Å². The molecule has 3 nitrogen and oxygen atoms in total. The summed E-state index contributed by atoms with van der Waals surface area (Å²) in [7, 11) is 0. The van der Waals surface area contributed by atoms with Gasteiger partial charge in [0.05, 0.1) is 12.6 Å². The Morgan fingerprint density at radius 3 is 2.92 bits per heavy atom. The van der Waals surface area contributed by atoms with Crippen molar-refractivity contribution >= 4 is 5.97 Å². The van der Waals surface area contributed by atoms with Gasteiger partial charge in [0.25, 0.3) is 0 Å². The molecular weight excluding hydrogens is 154 g/mol. The van der Waals surface area contributed by atoms with Crippen LogP contribution >= 0.6 is 0 Å². The molecule has 2 N–H and O–H groups in total. The lowest BCUT2D eigenvalue weighted by Crippen LogP contribution is -2.97. The summed E-state index contributed by atoms with van der Waals surface area (Å²) in [5, 5.41) is 2.13. The molecule has 1 aliphatic rings. The number of quaternary nitrogens is 1. The van der Waals surface area contributed by atoms with E-state index in [0.29, 0.717) is 12.6 Å². The molecule has 1 rings (SSSR count). The Kier molecular flexibility index (Phi) is 3.53. The van der Waals surface area contributed by atoms with Gasteiger partial charge in [0.1, 0.15) is 0 Å². The van der Waals surface area contributed by atoms with Gasteiger partial charge in [-0.1, -0.05) is 0 Å². The molecule has 1 heterocycles. The SMILES string of the molecule is CCOC(=O)[C@@H]1CCC[C@H](C)[NH2+]1. The maximum Gasteiger partial charge on any atom is 0.364 e. The van der Waals surface area contributed by atoms with Gasteiger partial charge in [-0.15, -0.1) is 0 Å². The summed E-state index contributed by atoms with van der Waals surface area (Å²) in [5.41, 5.74) is 0. The molecule has 1 aliphatic heterocycles. The second-order valence-electron chi connectivity index (χ2n) is 3.46. The van der Waals surface area contributed by atoms with E-state index < -0.39 is 0 Å². The Labute approximate surface area is 73.5 Å². The van der Waals surface area contributed by atoms with Crippen LogP contribution in [0.1, 0.15) is 33.1 Å². The molecular formula is C9H18NO2+. The van der Waals surface area contributed by atoms with Crippen molar-refractivity contribution in [3.05, 3.63) is 0 Å². The van der Waals surface area contributed by atoms with Crippen LogP contribution in [0.15, 0.2) is 0 Å². The molecule has 0 aromatic rings. The van der Waals surface area contributed by atoms with E-state index in [9.17, 15) is 4.79 Å². The zero-order valence-electron chi connectivity index (χ0n) is 7.88. The summed E-state index contributed by atoms with van der Waals surface area (Å²) in [6, 6.07) is 0.641. The molecule has 70 valence electrons. The van der Waals surface area contributed by atoms with E-state index in [-0.39, 0.29) is 12.0 Å². The number of rotatable bonds is 2. The van der Waals surface area contributed by atoms with Gasteiger partial charge in [0.2, 0.25) is 0 Å². The van der Waals surface area contributed by atoms with E-state index in [1.807, 2.05) is 6.92 Å². The molecule has 3 heteroatoms. The van der Waals surface area contributed by atoms with Crippen LogP contribution in [0.3, 0.4) is 0 Å². The quantitative estimate of drug-likeness (QED) is 0.598. The number of ether oxygens (including phenoxy) is 1. The Balaban J connectivity index is 2.35. The molecule has 0 aromatic carbocycles. The van der Waals surface area contributed by atoms with Crippen LogP contribution in [0.2, 0.25) is 0 Å². The highest BCUT2D eigenvalue weighted by Crippen LogP contribution is 2.06. The maximum absolute atomic E-state index is 11.3. The summed E-state index contributed by atoms with van der Waals surface area (Å²) in [6.07, 6.45) is 3.35. The van der Waals surface area contributed by atoms with Crippen molar-refractivity contribution in [2.24, 2.45) is 0 Å². The minimum absolute atomic E-state index is 0.0379. The van der Waals surface area contributed by atoms with Gasteiger partial charge in [0, 0.05) is 6.42 Å². The Bertz CT molecular complexity index is 159. The van der Waals surface area contributed by atoms with E-state index in [2.05, 4.69) is 12.2 Å². The van der Waals surface area contributed by atoms with Crippen molar-refractivity contribution in [2.75, 3.05) is 6.61 Å². The number of esters is 1. The first-order valence-electron chi connectivity index (χ1n) is 4.75. The fourth-order valence-corrected chi connectivity index (χ4v) is 1.69. The van der Waals surface area contributed by atoms with Crippen LogP contribution in [-0.2, 0) is 9.53 Å². The van der Waals surface area contributed by atoms with Gasteiger partial charge in [-0.05, 0) is 26.7 Å². The average Bonchev–Trinajstić information content (AvgIpc) is 2.05. The van der Waals surface area contributed by atoms with Crippen LogP contribution in [0.4, 0.5) is 0 Å². The number of hydrogen-bond donors (Lipinski definition) is 1. The molecule has 1 fully saturated rings. The van der Waals surface area contributed by atoms with E-state index in [4.69, 9.17) is 4.74 Å². The minimum atomic E-state index is -0.0379. The highest BCUT2D eigenvalue weighted by molar-refractivity contribution is 5.74. The smallest absolute Gasteiger partial charge is 0.364 e. The number of carbonyl (C=O) groups excluding carboxylic acids is 1. The number of nitrogens with two attached hydrogens (primary N) is 1. The molecule has 0 spiro atoms. The van der Waals surface area contributed by atoms with Crippen molar-refractivity contribution in [3.63, 3.8) is 0 Å². The first-order valence-corrected chi connectivity index (χ1v) is 4.75. The van der Waals surface area contributed by atoms with Crippen LogP contribution in [0, 0.1) is 0 Å². The summed E-state index contributed by atoms with van der Waals surface area (Å²) < 4.78 is 4.96. The third kappa shape index (κ3) is 2.48. The monoisotopic (exact) mass is 172 g/mol. The third-order valence-electron chi connectivity index (χ3n) is 2.32. The van der Waals surface area contributed by atoms with Crippen LogP contribution in [0.5, 0.6) is 0 Å². The third-order valence-corrected chi connectivity index (χ3v) is 2.32. The van der Waals surface area contributed by atoms with Gasteiger partial charge in [-0.2, -0.15) is 0 Å². The lowest BCUT2D eigenvalue weighted by atomic mass is 10.00. The second kappa shape index (κ2) is 4.45. The fraction of sp³-hybridized carbons (Fsp3) is 0.889. The van der Waals surface area contributed by atoms with Crippen LogP contribution in [-0.4, -0.2) is 24.7 Å².